The number of ether oxygens (including phenoxy) is 2. The van der Waals surface area contributed by atoms with Crippen molar-refractivity contribution in [3.05, 3.63) is 29.3 Å². The molecule has 1 amide bonds. The van der Waals surface area contributed by atoms with E-state index in [9.17, 15) is 9.59 Å². The molecule has 0 radical (unpaired) electrons. The van der Waals surface area contributed by atoms with Crippen LogP contribution in [0.4, 0.5) is 0 Å². The van der Waals surface area contributed by atoms with Crippen molar-refractivity contribution >= 4 is 11.9 Å². The standard InChI is InChI=1S/C20H25NO5/c22-19(12-13-1-2-16-15(11-13)7-10-25-16)21-8-5-14(6-9-21)17-3-4-18(26-17)20(23)24/h1-2,11,14,17-18H,3-10,12H2,(H,23,24)/t17-,18+/m0/s1. The van der Waals surface area contributed by atoms with Gasteiger partial charge in [0.2, 0.25) is 5.91 Å². The van der Waals surface area contributed by atoms with Gasteiger partial charge >= 0.3 is 5.97 Å². The van der Waals surface area contributed by atoms with Crippen molar-refractivity contribution in [1.82, 2.24) is 4.90 Å². The summed E-state index contributed by atoms with van der Waals surface area (Å²) in [6.45, 7) is 2.19. The highest BCUT2D eigenvalue weighted by Crippen LogP contribution is 2.32. The first-order chi connectivity index (χ1) is 12.6. The van der Waals surface area contributed by atoms with Gasteiger partial charge in [-0.25, -0.2) is 4.79 Å². The second kappa shape index (κ2) is 7.27. The summed E-state index contributed by atoms with van der Waals surface area (Å²) >= 11 is 0. The fourth-order valence-electron chi connectivity index (χ4n) is 4.35. The number of nitrogens with zero attached hydrogens (tertiary/aromatic N) is 1. The van der Waals surface area contributed by atoms with E-state index in [1.54, 1.807) is 0 Å². The Hall–Kier alpha value is -2.08. The van der Waals surface area contributed by atoms with Gasteiger partial charge in [0.25, 0.3) is 0 Å². The van der Waals surface area contributed by atoms with Crippen LogP contribution in [0, 0.1) is 5.92 Å². The zero-order chi connectivity index (χ0) is 18.1. The number of hydrogen-bond acceptors (Lipinski definition) is 4. The monoisotopic (exact) mass is 359 g/mol. The van der Waals surface area contributed by atoms with E-state index in [-0.39, 0.29) is 12.0 Å². The Kier molecular flexibility index (Phi) is 4.85. The number of benzene rings is 1. The third-order valence-corrected chi connectivity index (χ3v) is 5.86. The number of carbonyl (C=O) groups is 2. The molecule has 0 aliphatic carbocycles. The fraction of sp³-hybridized carbons (Fsp3) is 0.600. The SMILES string of the molecule is O=C(O)[C@H]1CC[C@@H](C2CCN(C(=O)Cc3ccc4c(c3)CCO4)CC2)O1. The molecule has 0 spiro atoms. The smallest absolute Gasteiger partial charge is 0.332 e. The first kappa shape index (κ1) is 17.3. The number of amides is 1. The molecule has 4 rings (SSSR count). The summed E-state index contributed by atoms with van der Waals surface area (Å²) in [6, 6.07) is 6.03. The maximum absolute atomic E-state index is 12.6. The predicted octanol–water partition coefficient (Wildman–Crippen LogP) is 2.03. The first-order valence-electron chi connectivity index (χ1n) is 9.51. The molecule has 2 saturated heterocycles. The van der Waals surface area contributed by atoms with E-state index in [0.29, 0.717) is 18.8 Å². The molecule has 1 N–H and O–H groups in total. The van der Waals surface area contributed by atoms with Crippen LogP contribution in [0.1, 0.15) is 36.8 Å². The van der Waals surface area contributed by atoms with E-state index in [0.717, 1.165) is 56.7 Å². The molecule has 0 unspecified atom stereocenters. The Morgan fingerprint density at radius 3 is 2.69 bits per heavy atom. The maximum Gasteiger partial charge on any atom is 0.332 e. The number of piperidine rings is 1. The first-order valence-corrected chi connectivity index (χ1v) is 9.51. The van der Waals surface area contributed by atoms with Gasteiger partial charge in [0.15, 0.2) is 6.10 Å². The van der Waals surface area contributed by atoms with Crippen LogP contribution < -0.4 is 4.74 Å². The predicted molar refractivity (Wildman–Crippen MR) is 94.2 cm³/mol. The molecule has 0 bridgehead atoms. The quantitative estimate of drug-likeness (QED) is 0.890. The van der Waals surface area contributed by atoms with Crippen LogP contribution in [0.3, 0.4) is 0 Å². The van der Waals surface area contributed by atoms with Gasteiger partial charge in [-0.2, -0.15) is 0 Å². The van der Waals surface area contributed by atoms with Crippen LogP contribution in [0.15, 0.2) is 18.2 Å². The molecule has 3 heterocycles. The molecular weight excluding hydrogens is 334 g/mol. The molecule has 2 fully saturated rings. The zero-order valence-corrected chi connectivity index (χ0v) is 14.9. The molecule has 0 aromatic heterocycles. The summed E-state index contributed by atoms with van der Waals surface area (Å²) in [5.41, 5.74) is 2.24. The van der Waals surface area contributed by atoms with Crippen LogP contribution in [0.25, 0.3) is 0 Å². The number of carbonyl (C=O) groups excluding carboxylic acids is 1. The lowest BCUT2D eigenvalue weighted by molar-refractivity contribution is -0.151. The van der Waals surface area contributed by atoms with E-state index in [1.165, 1.54) is 5.56 Å². The Morgan fingerprint density at radius 2 is 1.96 bits per heavy atom. The molecule has 140 valence electrons. The molecule has 6 nitrogen and oxygen atoms in total. The minimum atomic E-state index is -0.861. The van der Waals surface area contributed by atoms with Gasteiger partial charge in [0.05, 0.1) is 19.1 Å². The van der Waals surface area contributed by atoms with E-state index in [1.807, 2.05) is 17.0 Å². The number of aliphatic carboxylic acids is 1. The van der Waals surface area contributed by atoms with Crippen molar-refractivity contribution in [1.29, 1.82) is 0 Å². The minimum Gasteiger partial charge on any atom is -0.493 e. The number of carboxylic acids is 1. The average Bonchev–Trinajstić information content (AvgIpc) is 3.31. The Bertz CT molecular complexity index is 695. The molecule has 26 heavy (non-hydrogen) atoms. The van der Waals surface area contributed by atoms with E-state index in [2.05, 4.69) is 6.07 Å². The van der Waals surface area contributed by atoms with Crippen molar-refractivity contribution in [2.75, 3.05) is 19.7 Å². The fourth-order valence-corrected chi connectivity index (χ4v) is 4.35. The van der Waals surface area contributed by atoms with E-state index >= 15 is 0 Å². The van der Waals surface area contributed by atoms with Gasteiger partial charge in [-0.05, 0) is 48.8 Å². The van der Waals surface area contributed by atoms with Gasteiger partial charge < -0.3 is 19.5 Å². The molecule has 2 atom stereocenters. The third kappa shape index (κ3) is 3.56. The van der Waals surface area contributed by atoms with Gasteiger partial charge in [0, 0.05) is 19.5 Å². The Morgan fingerprint density at radius 1 is 1.15 bits per heavy atom. The lowest BCUT2D eigenvalue weighted by Crippen LogP contribution is -2.42. The summed E-state index contributed by atoms with van der Waals surface area (Å²) in [7, 11) is 0. The van der Waals surface area contributed by atoms with Crippen molar-refractivity contribution in [2.24, 2.45) is 5.92 Å². The van der Waals surface area contributed by atoms with Gasteiger partial charge in [0.1, 0.15) is 5.75 Å². The van der Waals surface area contributed by atoms with Crippen molar-refractivity contribution in [3.63, 3.8) is 0 Å². The van der Waals surface area contributed by atoms with Crippen molar-refractivity contribution in [3.8, 4) is 5.75 Å². The van der Waals surface area contributed by atoms with Crippen LogP contribution in [-0.4, -0.2) is 53.8 Å². The topological polar surface area (TPSA) is 76.1 Å². The highest BCUT2D eigenvalue weighted by Gasteiger charge is 2.37. The Balaban J connectivity index is 1.28. The van der Waals surface area contributed by atoms with Gasteiger partial charge in [-0.15, -0.1) is 0 Å². The number of fused-ring (bicyclic) bond motifs is 1. The highest BCUT2D eigenvalue weighted by molar-refractivity contribution is 5.79. The van der Waals surface area contributed by atoms with Gasteiger partial charge in [-0.3, -0.25) is 4.79 Å². The van der Waals surface area contributed by atoms with Crippen LogP contribution in [0.5, 0.6) is 5.75 Å². The molecule has 1 aromatic rings. The average molecular weight is 359 g/mol. The third-order valence-electron chi connectivity index (χ3n) is 5.86. The minimum absolute atomic E-state index is 0.0325. The number of carboxylic acid groups (broad SMARTS) is 1. The van der Waals surface area contributed by atoms with Crippen molar-refractivity contribution in [2.45, 2.75) is 50.7 Å². The zero-order valence-electron chi connectivity index (χ0n) is 14.9. The molecule has 3 aliphatic heterocycles. The van der Waals surface area contributed by atoms with Crippen LogP contribution in [0.2, 0.25) is 0 Å². The van der Waals surface area contributed by atoms with Crippen molar-refractivity contribution < 1.29 is 24.2 Å². The van der Waals surface area contributed by atoms with E-state index in [4.69, 9.17) is 14.6 Å². The molecule has 6 heteroatoms. The second-order valence-electron chi connectivity index (χ2n) is 7.51. The largest absolute Gasteiger partial charge is 0.493 e. The molecule has 3 aliphatic rings. The highest BCUT2D eigenvalue weighted by atomic mass is 16.5. The van der Waals surface area contributed by atoms with Crippen LogP contribution in [-0.2, 0) is 27.2 Å². The summed E-state index contributed by atoms with van der Waals surface area (Å²) in [5, 5.41) is 9.06. The summed E-state index contributed by atoms with van der Waals surface area (Å²) in [4.78, 5) is 25.6. The normalized spacial score (nSPS) is 25.8. The lowest BCUT2D eigenvalue weighted by Gasteiger charge is -2.34. The number of rotatable bonds is 4. The number of hydrogen-bond donors (Lipinski definition) is 1. The summed E-state index contributed by atoms with van der Waals surface area (Å²) < 4.78 is 11.2. The summed E-state index contributed by atoms with van der Waals surface area (Å²) in [5.74, 6) is 0.608. The van der Waals surface area contributed by atoms with E-state index < -0.39 is 12.1 Å². The molecule has 0 saturated carbocycles. The summed E-state index contributed by atoms with van der Waals surface area (Å²) in [6.07, 6.45) is 3.92. The Labute approximate surface area is 153 Å². The van der Waals surface area contributed by atoms with Crippen LogP contribution >= 0.6 is 0 Å². The maximum atomic E-state index is 12.6. The van der Waals surface area contributed by atoms with Gasteiger partial charge in [-0.1, -0.05) is 12.1 Å². The number of likely N-dealkylation sites (tertiary alicyclic amines) is 1. The second-order valence-corrected chi connectivity index (χ2v) is 7.51. The lowest BCUT2D eigenvalue weighted by atomic mass is 9.89. The molecule has 1 aromatic carbocycles. The molecular formula is C20H25NO5.